The molecule has 0 unspecified atom stereocenters. The normalized spacial score (nSPS) is 12.3. The van der Waals surface area contributed by atoms with Gasteiger partial charge in [0.1, 0.15) is 16.3 Å². The Balaban J connectivity index is 1.76. The van der Waals surface area contributed by atoms with Gasteiger partial charge in [-0.15, -0.1) is 18.9 Å². The van der Waals surface area contributed by atoms with Crippen LogP contribution >= 0.6 is 24.1 Å². The Hall–Kier alpha value is -4.09. The van der Waals surface area contributed by atoms with Crippen LogP contribution in [0.5, 0.6) is 5.75 Å². The van der Waals surface area contributed by atoms with Gasteiger partial charge in [0.05, 0.1) is 56.9 Å². The molecule has 0 spiro atoms. The fourth-order valence-corrected chi connectivity index (χ4v) is 5.64. The van der Waals surface area contributed by atoms with Crippen molar-refractivity contribution in [3.8, 4) is 11.8 Å². The number of nitrogens with zero attached hydrogens (tertiary/aromatic N) is 5. The molecule has 0 aliphatic heterocycles. The van der Waals surface area contributed by atoms with Crippen LogP contribution in [0, 0.1) is 11.3 Å². The van der Waals surface area contributed by atoms with Crippen molar-refractivity contribution in [3.05, 3.63) is 66.2 Å². The van der Waals surface area contributed by atoms with E-state index in [1.54, 1.807) is 18.2 Å². The van der Waals surface area contributed by atoms with Crippen molar-refractivity contribution in [1.82, 2.24) is 0 Å². The molecule has 45 heavy (non-hydrogen) atoms. The molecule has 0 radical (unpaired) electrons. The third-order valence-electron chi connectivity index (χ3n) is 5.45. The molecule has 0 bridgehead atoms. The topological polar surface area (TPSA) is 280 Å². The van der Waals surface area contributed by atoms with Crippen molar-refractivity contribution in [2.24, 2.45) is 20.5 Å². The van der Waals surface area contributed by atoms with Crippen LogP contribution < -0.4 is 0 Å². The van der Waals surface area contributed by atoms with E-state index in [1.165, 1.54) is 18.2 Å². The first kappa shape index (κ1) is 33.8. The third kappa shape index (κ3) is 8.34. The van der Waals surface area contributed by atoms with Crippen molar-refractivity contribution in [1.29, 1.82) is 5.26 Å². The number of hydrogen-bond donors (Lipinski definition) is 5. The molecule has 0 aliphatic carbocycles. The Bertz CT molecular complexity index is 2070. The van der Waals surface area contributed by atoms with E-state index in [0.717, 1.165) is 42.4 Å². The molecule has 234 valence electrons. The maximum atomic E-state index is 12.2. The largest absolute Gasteiger partial charge is 0.505 e. The van der Waals surface area contributed by atoms with Gasteiger partial charge in [0.25, 0.3) is 20.2 Å². The number of phenolic OH excluding ortho intramolecular Hbond substituents is 1. The average molecular weight is 698 g/mol. The van der Waals surface area contributed by atoms with Crippen LogP contribution in [0.2, 0.25) is 0 Å². The maximum absolute atomic E-state index is 12.2. The highest BCUT2D eigenvalue weighted by molar-refractivity contribution is 7.95. The Morgan fingerprint density at radius 1 is 0.756 bits per heavy atom. The van der Waals surface area contributed by atoms with Gasteiger partial charge in [0, 0.05) is 10.3 Å². The number of aromatic hydroxyl groups is 1. The van der Waals surface area contributed by atoms with Gasteiger partial charge in [-0.2, -0.15) is 32.3 Å². The summed E-state index contributed by atoms with van der Waals surface area (Å²) in [5.74, 6) is -0.752. The molecule has 5 N–H and O–H groups in total. The quantitative estimate of drug-likeness (QED) is 0.0342. The summed E-state index contributed by atoms with van der Waals surface area (Å²) < 4.78 is 75.7. The first-order chi connectivity index (χ1) is 21.3. The van der Waals surface area contributed by atoms with Crippen molar-refractivity contribution >= 4 is 77.8 Å². The minimum atomic E-state index is -4.93. The molecule has 4 aromatic rings. The van der Waals surface area contributed by atoms with Gasteiger partial charge in [-0.25, -0.2) is 10.5 Å². The standard InChI is InChI=1S/C23H15N5O13S4/c24-11-13-8-17(44(32,33)34)7-12-9-19(43-41-39-31)22(23(29)21(12)13)28-27-18-6-3-15(10-20(18)45(35,36)37)26-25-14-1-4-16(5-2-14)42-40-38-30/h1-10,29-31H,(H,32,33,34)(H,35,36,37)/b26-25+,28-27+. The van der Waals surface area contributed by atoms with Crippen LogP contribution in [0.25, 0.3) is 10.8 Å². The maximum Gasteiger partial charge on any atom is 0.296 e. The number of azo groups is 2. The Labute approximate surface area is 260 Å². The Morgan fingerprint density at radius 3 is 2.02 bits per heavy atom. The Kier molecular flexibility index (Phi) is 10.8. The molecule has 0 saturated heterocycles. The second-order valence-corrected chi connectivity index (χ2v) is 12.5. The fraction of sp³-hybridized carbons (Fsp3) is 0. The summed E-state index contributed by atoms with van der Waals surface area (Å²) in [6.45, 7) is 0. The molecule has 4 aromatic carbocycles. The minimum Gasteiger partial charge on any atom is -0.505 e. The number of hydrogen-bond acceptors (Lipinski definition) is 18. The van der Waals surface area contributed by atoms with Crippen LogP contribution in [0.4, 0.5) is 22.7 Å². The van der Waals surface area contributed by atoms with Crippen LogP contribution in [0.3, 0.4) is 0 Å². The molecule has 0 amide bonds. The van der Waals surface area contributed by atoms with E-state index in [4.69, 9.17) is 10.5 Å². The first-order valence-corrected chi connectivity index (χ1v) is 15.8. The lowest BCUT2D eigenvalue weighted by Gasteiger charge is -2.11. The molecular weight excluding hydrogens is 683 g/mol. The number of rotatable bonds is 12. The summed E-state index contributed by atoms with van der Waals surface area (Å²) in [6, 6.07) is 14.1. The lowest BCUT2D eigenvalue weighted by Crippen LogP contribution is -1.99. The second-order valence-electron chi connectivity index (χ2n) is 8.20. The van der Waals surface area contributed by atoms with Gasteiger partial charge in [-0.05, 0) is 66.0 Å². The van der Waals surface area contributed by atoms with Crippen LogP contribution in [-0.2, 0) is 39.0 Å². The van der Waals surface area contributed by atoms with Gasteiger partial charge in [-0.1, -0.05) is 10.1 Å². The zero-order chi connectivity index (χ0) is 32.8. The van der Waals surface area contributed by atoms with Crippen molar-refractivity contribution in [2.45, 2.75) is 19.6 Å². The van der Waals surface area contributed by atoms with E-state index < -0.39 is 47.2 Å². The predicted octanol–water partition coefficient (Wildman–Crippen LogP) is 6.60. The van der Waals surface area contributed by atoms with E-state index in [0.29, 0.717) is 10.6 Å². The summed E-state index contributed by atoms with van der Waals surface area (Å²) in [7, 11) is -9.69. The highest BCUT2D eigenvalue weighted by Gasteiger charge is 2.22. The molecule has 0 aromatic heterocycles. The molecule has 0 fully saturated rings. The van der Waals surface area contributed by atoms with Crippen LogP contribution in [0.1, 0.15) is 5.56 Å². The smallest absolute Gasteiger partial charge is 0.296 e. The summed E-state index contributed by atoms with van der Waals surface area (Å²) in [6.07, 6.45) is 0. The lowest BCUT2D eigenvalue weighted by molar-refractivity contribution is -0.432. The molecule has 18 nitrogen and oxygen atoms in total. The fourth-order valence-electron chi connectivity index (χ4n) is 3.61. The highest BCUT2D eigenvalue weighted by atomic mass is 32.2. The second kappa shape index (κ2) is 14.3. The van der Waals surface area contributed by atoms with Crippen molar-refractivity contribution in [2.75, 3.05) is 0 Å². The number of phenols is 1. The van der Waals surface area contributed by atoms with Gasteiger partial charge in [-0.3, -0.25) is 9.11 Å². The number of fused-ring (bicyclic) bond motifs is 1. The van der Waals surface area contributed by atoms with Gasteiger partial charge in [0.2, 0.25) is 0 Å². The molecule has 4 rings (SSSR count). The number of nitriles is 1. The zero-order valence-corrected chi connectivity index (χ0v) is 24.9. The summed E-state index contributed by atoms with van der Waals surface area (Å²) in [4.78, 5) is -1.06. The SMILES string of the molecule is N#Cc1cc(S(=O)(=O)O)cc2cc(SOOO)c(/N=N/c3ccc(/N=N/c4ccc(SOOO)cc4)cc3S(=O)(=O)O)c(O)c12. The Morgan fingerprint density at radius 2 is 1.40 bits per heavy atom. The molecule has 0 aliphatic rings. The molecular formula is C23H15N5O13S4. The predicted molar refractivity (Wildman–Crippen MR) is 153 cm³/mol. The molecule has 0 heterocycles. The van der Waals surface area contributed by atoms with Gasteiger partial charge >= 0.3 is 0 Å². The van der Waals surface area contributed by atoms with E-state index >= 15 is 0 Å². The summed E-state index contributed by atoms with van der Waals surface area (Å²) >= 11 is 0.975. The monoisotopic (exact) mass is 697 g/mol. The average Bonchev–Trinajstić information content (AvgIpc) is 3.00. The summed E-state index contributed by atoms with van der Waals surface area (Å²) in [5.41, 5.74) is -0.959. The van der Waals surface area contributed by atoms with Crippen LogP contribution in [-0.4, -0.2) is 41.6 Å². The minimum absolute atomic E-state index is 0.0244. The zero-order valence-electron chi connectivity index (χ0n) is 21.6. The third-order valence-corrected chi connectivity index (χ3v) is 8.38. The molecule has 22 heteroatoms. The van der Waals surface area contributed by atoms with Crippen molar-refractivity contribution < 1.29 is 60.3 Å². The van der Waals surface area contributed by atoms with Crippen molar-refractivity contribution in [3.63, 3.8) is 0 Å². The van der Waals surface area contributed by atoms with E-state index in [-0.39, 0.29) is 39.0 Å². The molecule has 0 saturated carbocycles. The van der Waals surface area contributed by atoms with E-state index in [1.807, 2.05) is 0 Å². The van der Waals surface area contributed by atoms with Gasteiger partial charge in [0.15, 0.2) is 5.75 Å². The van der Waals surface area contributed by atoms with Crippen LogP contribution in [0.15, 0.2) is 101 Å². The lowest BCUT2D eigenvalue weighted by atomic mass is 10.0. The number of benzene rings is 4. The van der Waals surface area contributed by atoms with E-state index in [9.17, 15) is 36.3 Å². The van der Waals surface area contributed by atoms with E-state index in [2.05, 4.69) is 39.2 Å². The highest BCUT2D eigenvalue weighted by Crippen LogP contribution is 2.46. The first-order valence-electron chi connectivity index (χ1n) is 11.4. The molecule has 0 atom stereocenters. The van der Waals surface area contributed by atoms with Gasteiger partial charge < -0.3 is 5.11 Å². The summed E-state index contributed by atoms with van der Waals surface area (Å²) in [5, 5.41) is 59.7.